The Bertz CT molecular complexity index is 317. The van der Waals surface area contributed by atoms with Crippen LogP contribution in [-0.4, -0.2) is 41.7 Å². The zero-order valence-corrected chi connectivity index (χ0v) is 8.35. The second-order valence-corrected chi connectivity index (χ2v) is 3.70. The molecule has 0 bridgehead atoms. The predicted octanol–water partition coefficient (Wildman–Crippen LogP) is -0.428. The van der Waals surface area contributed by atoms with Crippen molar-refractivity contribution in [2.45, 2.75) is 12.6 Å². The lowest BCUT2D eigenvalue weighted by Gasteiger charge is -2.34. The Morgan fingerprint density at radius 3 is 3.07 bits per heavy atom. The number of nitrogens with zero attached hydrogens (tertiary/aromatic N) is 1. The van der Waals surface area contributed by atoms with Crippen molar-refractivity contribution in [3.63, 3.8) is 0 Å². The zero-order chi connectivity index (χ0) is 10.7. The van der Waals surface area contributed by atoms with Crippen LogP contribution in [0.3, 0.4) is 0 Å². The number of likely N-dealkylation sites (tertiary alicyclic amines) is 1. The molecule has 1 aliphatic heterocycles. The molecule has 1 aromatic heterocycles. The van der Waals surface area contributed by atoms with Crippen molar-refractivity contribution < 1.29 is 14.3 Å². The third-order valence-electron chi connectivity index (χ3n) is 2.34. The number of nitrogens with one attached hydrogen (secondary N) is 1. The normalized spacial score (nSPS) is 17.4. The van der Waals surface area contributed by atoms with Crippen LogP contribution in [0.4, 0.5) is 0 Å². The minimum atomic E-state index is -0.261. The van der Waals surface area contributed by atoms with E-state index in [-0.39, 0.29) is 12.0 Å². The van der Waals surface area contributed by atoms with Crippen molar-refractivity contribution in [3.8, 4) is 0 Å². The molecule has 15 heavy (non-hydrogen) atoms. The smallest absolute Gasteiger partial charge is 0.234 e. The standard InChI is InChI=1S/C10H14N2O3/c13-8-5-12(6-8)7-10(14)11-4-9-2-1-3-15-9/h1-3,8,13H,4-7H2,(H,11,14). The van der Waals surface area contributed by atoms with Gasteiger partial charge < -0.3 is 14.8 Å². The minimum Gasteiger partial charge on any atom is -0.467 e. The number of aliphatic hydroxyl groups excluding tert-OH is 1. The molecule has 0 unspecified atom stereocenters. The molecule has 82 valence electrons. The minimum absolute atomic E-state index is 0.0432. The number of carbonyl (C=O) groups is 1. The first-order chi connectivity index (χ1) is 7.24. The number of rotatable bonds is 4. The molecule has 2 heterocycles. The average molecular weight is 210 g/mol. The summed E-state index contributed by atoms with van der Waals surface area (Å²) >= 11 is 0. The largest absolute Gasteiger partial charge is 0.467 e. The van der Waals surface area contributed by atoms with Gasteiger partial charge in [0.25, 0.3) is 0 Å². The van der Waals surface area contributed by atoms with Gasteiger partial charge in [-0.1, -0.05) is 0 Å². The summed E-state index contributed by atoms with van der Waals surface area (Å²) in [6.07, 6.45) is 1.32. The van der Waals surface area contributed by atoms with Crippen LogP contribution < -0.4 is 5.32 Å². The molecular weight excluding hydrogens is 196 g/mol. The molecule has 1 amide bonds. The van der Waals surface area contributed by atoms with Gasteiger partial charge in [0.2, 0.25) is 5.91 Å². The maximum Gasteiger partial charge on any atom is 0.234 e. The van der Waals surface area contributed by atoms with Gasteiger partial charge in [-0.2, -0.15) is 0 Å². The summed E-state index contributed by atoms with van der Waals surface area (Å²) in [4.78, 5) is 13.3. The number of aliphatic hydroxyl groups is 1. The molecule has 1 aliphatic rings. The zero-order valence-electron chi connectivity index (χ0n) is 8.35. The summed E-state index contributed by atoms with van der Waals surface area (Å²) in [5.74, 6) is 0.699. The van der Waals surface area contributed by atoms with E-state index in [1.807, 2.05) is 11.0 Å². The maximum absolute atomic E-state index is 11.4. The summed E-state index contributed by atoms with van der Waals surface area (Å²) < 4.78 is 5.08. The highest BCUT2D eigenvalue weighted by Crippen LogP contribution is 2.05. The molecule has 1 fully saturated rings. The fourth-order valence-electron chi connectivity index (χ4n) is 1.53. The number of amides is 1. The summed E-state index contributed by atoms with van der Waals surface area (Å²) in [6, 6.07) is 3.60. The lowest BCUT2D eigenvalue weighted by atomic mass is 10.2. The van der Waals surface area contributed by atoms with Crippen LogP contribution in [-0.2, 0) is 11.3 Å². The van der Waals surface area contributed by atoms with Crippen molar-refractivity contribution in [3.05, 3.63) is 24.2 Å². The average Bonchev–Trinajstić information content (AvgIpc) is 2.65. The molecule has 0 radical (unpaired) electrons. The van der Waals surface area contributed by atoms with E-state index in [4.69, 9.17) is 9.52 Å². The van der Waals surface area contributed by atoms with Gasteiger partial charge in [0.1, 0.15) is 5.76 Å². The summed E-state index contributed by atoms with van der Waals surface area (Å²) in [5, 5.41) is 11.8. The quantitative estimate of drug-likeness (QED) is 0.708. The van der Waals surface area contributed by atoms with Gasteiger partial charge in [-0.3, -0.25) is 9.69 Å². The van der Waals surface area contributed by atoms with Crippen molar-refractivity contribution >= 4 is 5.91 Å². The third kappa shape index (κ3) is 2.81. The lowest BCUT2D eigenvalue weighted by molar-refractivity contribution is -0.125. The van der Waals surface area contributed by atoms with Crippen LogP contribution in [0.25, 0.3) is 0 Å². The van der Waals surface area contributed by atoms with E-state index in [2.05, 4.69) is 5.32 Å². The van der Waals surface area contributed by atoms with E-state index in [0.29, 0.717) is 26.2 Å². The SMILES string of the molecule is O=C(CN1CC(O)C1)NCc1ccco1. The van der Waals surface area contributed by atoms with E-state index >= 15 is 0 Å². The molecule has 0 aliphatic carbocycles. The Kier molecular flexibility index (Phi) is 3.03. The first kappa shape index (κ1) is 10.2. The molecular formula is C10H14N2O3. The van der Waals surface area contributed by atoms with Gasteiger partial charge in [0, 0.05) is 13.1 Å². The number of hydrogen-bond acceptors (Lipinski definition) is 4. The fourth-order valence-corrected chi connectivity index (χ4v) is 1.53. The Morgan fingerprint density at radius 1 is 1.67 bits per heavy atom. The van der Waals surface area contributed by atoms with Crippen LogP contribution in [0.2, 0.25) is 0 Å². The lowest BCUT2D eigenvalue weighted by Crippen LogP contribution is -2.53. The van der Waals surface area contributed by atoms with E-state index in [0.717, 1.165) is 5.76 Å². The third-order valence-corrected chi connectivity index (χ3v) is 2.34. The Balaban J connectivity index is 1.65. The topological polar surface area (TPSA) is 65.7 Å². The number of furan rings is 1. The van der Waals surface area contributed by atoms with Crippen LogP contribution >= 0.6 is 0 Å². The van der Waals surface area contributed by atoms with Gasteiger partial charge in [-0.15, -0.1) is 0 Å². The first-order valence-electron chi connectivity index (χ1n) is 4.93. The molecule has 1 saturated heterocycles. The van der Waals surface area contributed by atoms with Crippen LogP contribution in [0, 0.1) is 0 Å². The Morgan fingerprint density at radius 2 is 2.47 bits per heavy atom. The summed E-state index contributed by atoms with van der Waals surface area (Å²) in [5.41, 5.74) is 0. The molecule has 0 atom stereocenters. The second-order valence-electron chi connectivity index (χ2n) is 3.70. The molecule has 5 heteroatoms. The molecule has 0 saturated carbocycles. The highest BCUT2D eigenvalue weighted by atomic mass is 16.3. The fraction of sp³-hybridized carbons (Fsp3) is 0.500. The van der Waals surface area contributed by atoms with E-state index < -0.39 is 0 Å². The Labute approximate surface area is 87.7 Å². The molecule has 5 nitrogen and oxygen atoms in total. The van der Waals surface area contributed by atoms with Gasteiger partial charge >= 0.3 is 0 Å². The van der Waals surface area contributed by atoms with Crippen molar-refractivity contribution in [2.75, 3.05) is 19.6 Å². The van der Waals surface area contributed by atoms with Crippen molar-refractivity contribution in [1.29, 1.82) is 0 Å². The summed E-state index contributed by atoms with van der Waals surface area (Å²) in [7, 11) is 0. The van der Waals surface area contributed by atoms with Crippen LogP contribution in [0.5, 0.6) is 0 Å². The van der Waals surface area contributed by atoms with E-state index in [1.54, 1.807) is 12.3 Å². The summed E-state index contributed by atoms with van der Waals surface area (Å²) in [6.45, 7) is 1.95. The number of carbonyl (C=O) groups excluding carboxylic acids is 1. The van der Waals surface area contributed by atoms with Crippen LogP contribution in [0.1, 0.15) is 5.76 Å². The van der Waals surface area contributed by atoms with E-state index in [1.165, 1.54) is 0 Å². The molecule has 2 N–H and O–H groups in total. The van der Waals surface area contributed by atoms with Gasteiger partial charge in [0.05, 0.1) is 25.5 Å². The molecule has 0 aromatic carbocycles. The monoisotopic (exact) mass is 210 g/mol. The molecule has 1 aromatic rings. The molecule has 0 spiro atoms. The van der Waals surface area contributed by atoms with Gasteiger partial charge in [0.15, 0.2) is 0 Å². The van der Waals surface area contributed by atoms with E-state index in [9.17, 15) is 4.79 Å². The first-order valence-corrected chi connectivity index (χ1v) is 4.93. The van der Waals surface area contributed by atoms with Crippen molar-refractivity contribution in [1.82, 2.24) is 10.2 Å². The van der Waals surface area contributed by atoms with Gasteiger partial charge in [-0.05, 0) is 12.1 Å². The highest BCUT2D eigenvalue weighted by Gasteiger charge is 2.25. The van der Waals surface area contributed by atoms with Gasteiger partial charge in [-0.25, -0.2) is 0 Å². The maximum atomic E-state index is 11.4. The number of β-amino-alcohol motifs (C(OH)–C–C–N with tert-alkyl or cyclic N) is 1. The van der Waals surface area contributed by atoms with Crippen molar-refractivity contribution in [2.24, 2.45) is 0 Å². The molecule has 2 rings (SSSR count). The highest BCUT2D eigenvalue weighted by molar-refractivity contribution is 5.78. The predicted molar refractivity (Wildman–Crippen MR) is 53.0 cm³/mol. The second kappa shape index (κ2) is 4.46. The van der Waals surface area contributed by atoms with Crippen LogP contribution in [0.15, 0.2) is 22.8 Å². The number of hydrogen-bond donors (Lipinski definition) is 2. The Hall–Kier alpha value is -1.33.